The summed E-state index contributed by atoms with van der Waals surface area (Å²) in [5.74, 6) is 0. The Morgan fingerprint density at radius 2 is 1.58 bits per heavy atom. The predicted octanol–water partition coefficient (Wildman–Crippen LogP) is 4.42. The Hall–Kier alpha value is -1.03. The van der Waals surface area contributed by atoms with Gasteiger partial charge in [0.2, 0.25) is 0 Å². The van der Waals surface area contributed by atoms with E-state index < -0.39 is 12.6 Å². The first-order chi connectivity index (χ1) is 8.68. The molecular formula is C15H22F3N. The largest absolute Gasteiger partial charge is 0.389 e. The van der Waals surface area contributed by atoms with Gasteiger partial charge in [-0.2, -0.15) is 13.2 Å². The van der Waals surface area contributed by atoms with E-state index in [1.807, 2.05) is 12.1 Å². The van der Waals surface area contributed by atoms with Gasteiger partial charge in [-0.15, -0.1) is 0 Å². The van der Waals surface area contributed by atoms with Crippen LogP contribution in [0.25, 0.3) is 0 Å². The Balaban J connectivity index is 2.31. The highest BCUT2D eigenvalue weighted by atomic mass is 19.4. The number of hydrogen-bond donors (Lipinski definition) is 1. The molecule has 0 aliphatic heterocycles. The quantitative estimate of drug-likeness (QED) is 0.783. The maximum atomic E-state index is 11.9. The van der Waals surface area contributed by atoms with Gasteiger partial charge in [0, 0.05) is 13.0 Å². The van der Waals surface area contributed by atoms with Gasteiger partial charge >= 0.3 is 6.18 Å². The lowest BCUT2D eigenvalue weighted by atomic mass is 9.87. The van der Waals surface area contributed by atoms with Crippen LogP contribution in [0.4, 0.5) is 13.2 Å². The van der Waals surface area contributed by atoms with E-state index >= 15 is 0 Å². The normalized spacial score (nSPS) is 12.7. The van der Waals surface area contributed by atoms with Crippen LogP contribution in [0.1, 0.15) is 44.7 Å². The third-order valence-electron chi connectivity index (χ3n) is 2.96. The van der Waals surface area contributed by atoms with Gasteiger partial charge in [-0.1, -0.05) is 45.0 Å². The summed E-state index contributed by atoms with van der Waals surface area (Å²) >= 11 is 0. The lowest BCUT2D eigenvalue weighted by molar-refractivity contribution is -0.135. The highest BCUT2D eigenvalue weighted by Gasteiger charge is 2.25. The zero-order valence-corrected chi connectivity index (χ0v) is 11.8. The van der Waals surface area contributed by atoms with E-state index in [1.165, 1.54) is 5.56 Å². The standard InChI is InChI=1S/C15H22F3N/c1-14(2,3)13-7-5-12(6-8-13)11-19-10-4-9-15(16,17)18/h5-8,19H,4,9-11H2,1-3H3. The average Bonchev–Trinajstić information content (AvgIpc) is 2.26. The first-order valence-corrected chi connectivity index (χ1v) is 6.55. The molecule has 0 spiro atoms. The van der Waals surface area contributed by atoms with Gasteiger partial charge in [-0.3, -0.25) is 0 Å². The van der Waals surface area contributed by atoms with E-state index in [4.69, 9.17) is 0 Å². The molecule has 0 atom stereocenters. The Labute approximate surface area is 113 Å². The van der Waals surface area contributed by atoms with Crippen LogP contribution >= 0.6 is 0 Å². The van der Waals surface area contributed by atoms with Gasteiger partial charge in [0.05, 0.1) is 0 Å². The van der Waals surface area contributed by atoms with Crippen molar-refractivity contribution in [3.8, 4) is 0 Å². The summed E-state index contributed by atoms with van der Waals surface area (Å²) in [4.78, 5) is 0. The van der Waals surface area contributed by atoms with E-state index in [9.17, 15) is 13.2 Å². The molecule has 0 heterocycles. The van der Waals surface area contributed by atoms with Crippen LogP contribution in [0.3, 0.4) is 0 Å². The van der Waals surface area contributed by atoms with Crippen molar-refractivity contribution < 1.29 is 13.2 Å². The number of halogens is 3. The molecule has 0 saturated carbocycles. The summed E-state index contributed by atoms with van der Waals surface area (Å²) in [6, 6.07) is 8.20. The highest BCUT2D eigenvalue weighted by molar-refractivity contribution is 5.27. The molecule has 0 unspecified atom stereocenters. The number of alkyl halides is 3. The predicted molar refractivity (Wildman–Crippen MR) is 72.1 cm³/mol. The molecule has 0 fully saturated rings. The molecule has 0 bridgehead atoms. The Morgan fingerprint density at radius 1 is 1.00 bits per heavy atom. The topological polar surface area (TPSA) is 12.0 Å². The zero-order chi connectivity index (χ0) is 14.5. The van der Waals surface area contributed by atoms with Crippen LogP contribution in [0.15, 0.2) is 24.3 Å². The number of rotatable bonds is 5. The third kappa shape index (κ3) is 6.62. The van der Waals surface area contributed by atoms with Crippen LogP contribution in [0, 0.1) is 0 Å². The van der Waals surface area contributed by atoms with Crippen molar-refractivity contribution in [2.45, 2.75) is 51.7 Å². The molecule has 0 amide bonds. The van der Waals surface area contributed by atoms with Crippen molar-refractivity contribution >= 4 is 0 Å². The van der Waals surface area contributed by atoms with Gasteiger partial charge in [0.25, 0.3) is 0 Å². The summed E-state index contributed by atoms with van der Waals surface area (Å²) in [5, 5.41) is 3.03. The van der Waals surface area contributed by atoms with Gasteiger partial charge in [0.1, 0.15) is 0 Å². The fourth-order valence-corrected chi connectivity index (χ4v) is 1.77. The van der Waals surface area contributed by atoms with Gasteiger partial charge < -0.3 is 5.32 Å². The molecular weight excluding hydrogens is 251 g/mol. The summed E-state index contributed by atoms with van der Waals surface area (Å²) < 4.78 is 35.8. The molecule has 0 aliphatic carbocycles. The Bertz CT molecular complexity index is 374. The Morgan fingerprint density at radius 3 is 2.05 bits per heavy atom. The van der Waals surface area contributed by atoms with Gasteiger partial charge in [-0.05, 0) is 29.5 Å². The third-order valence-corrected chi connectivity index (χ3v) is 2.96. The molecule has 1 rings (SSSR count). The van der Waals surface area contributed by atoms with Crippen molar-refractivity contribution in [3.63, 3.8) is 0 Å². The van der Waals surface area contributed by atoms with E-state index in [0.29, 0.717) is 13.1 Å². The summed E-state index contributed by atoms with van der Waals surface area (Å²) in [6.45, 7) is 7.45. The molecule has 1 N–H and O–H groups in total. The molecule has 0 radical (unpaired) electrons. The molecule has 19 heavy (non-hydrogen) atoms. The van der Waals surface area contributed by atoms with Crippen LogP contribution in [-0.4, -0.2) is 12.7 Å². The molecule has 108 valence electrons. The fourth-order valence-electron chi connectivity index (χ4n) is 1.77. The maximum absolute atomic E-state index is 11.9. The molecule has 1 nitrogen and oxygen atoms in total. The second-order valence-corrected chi connectivity index (χ2v) is 5.84. The van der Waals surface area contributed by atoms with E-state index in [-0.39, 0.29) is 11.8 Å². The van der Waals surface area contributed by atoms with Crippen LogP contribution in [0.5, 0.6) is 0 Å². The lowest BCUT2D eigenvalue weighted by Gasteiger charge is -2.19. The van der Waals surface area contributed by atoms with Crippen molar-refractivity contribution in [1.29, 1.82) is 0 Å². The van der Waals surface area contributed by atoms with Crippen LogP contribution in [0.2, 0.25) is 0 Å². The SMILES string of the molecule is CC(C)(C)c1ccc(CNCCCC(F)(F)F)cc1. The minimum atomic E-state index is -4.05. The minimum Gasteiger partial charge on any atom is -0.313 e. The minimum absolute atomic E-state index is 0.124. The second kappa shape index (κ2) is 6.42. The van der Waals surface area contributed by atoms with Crippen LogP contribution in [-0.2, 0) is 12.0 Å². The molecule has 4 heteroatoms. The number of benzene rings is 1. The van der Waals surface area contributed by atoms with E-state index in [2.05, 4.69) is 38.2 Å². The van der Waals surface area contributed by atoms with E-state index in [1.54, 1.807) is 0 Å². The molecule has 0 aromatic heterocycles. The summed E-state index contributed by atoms with van der Waals surface area (Å²) in [5.41, 5.74) is 2.48. The lowest BCUT2D eigenvalue weighted by Crippen LogP contribution is -2.18. The average molecular weight is 273 g/mol. The van der Waals surface area contributed by atoms with Gasteiger partial charge in [-0.25, -0.2) is 0 Å². The van der Waals surface area contributed by atoms with Gasteiger partial charge in [0.15, 0.2) is 0 Å². The molecule has 0 aliphatic rings. The van der Waals surface area contributed by atoms with Crippen molar-refractivity contribution in [2.24, 2.45) is 0 Å². The fraction of sp³-hybridized carbons (Fsp3) is 0.600. The Kier molecular flexibility index (Phi) is 5.41. The second-order valence-electron chi connectivity index (χ2n) is 5.84. The first-order valence-electron chi connectivity index (χ1n) is 6.55. The van der Waals surface area contributed by atoms with Crippen molar-refractivity contribution in [1.82, 2.24) is 5.32 Å². The number of nitrogens with one attached hydrogen (secondary N) is 1. The maximum Gasteiger partial charge on any atom is 0.389 e. The van der Waals surface area contributed by atoms with Crippen molar-refractivity contribution in [2.75, 3.05) is 6.54 Å². The smallest absolute Gasteiger partial charge is 0.313 e. The summed E-state index contributed by atoms with van der Waals surface area (Å²) in [7, 11) is 0. The summed E-state index contributed by atoms with van der Waals surface area (Å²) in [6.07, 6.45) is -4.64. The van der Waals surface area contributed by atoms with Crippen LogP contribution < -0.4 is 5.32 Å². The highest BCUT2D eigenvalue weighted by Crippen LogP contribution is 2.22. The number of hydrogen-bond acceptors (Lipinski definition) is 1. The monoisotopic (exact) mass is 273 g/mol. The van der Waals surface area contributed by atoms with Crippen molar-refractivity contribution in [3.05, 3.63) is 35.4 Å². The molecule has 1 aromatic carbocycles. The zero-order valence-electron chi connectivity index (χ0n) is 11.8. The molecule has 0 saturated heterocycles. The first kappa shape index (κ1) is 16.0. The van der Waals surface area contributed by atoms with E-state index in [0.717, 1.165) is 5.56 Å². The molecule has 1 aromatic rings.